The highest BCUT2D eigenvalue weighted by Crippen LogP contribution is 2.17. The molecule has 1 atom stereocenters. The Labute approximate surface area is 147 Å². The number of para-hydroxylation sites is 1. The summed E-state index contributed by atoms with van der Waals surface area (Å²) in [7, 11) is 0. The second-order valence-electron chi connectivity index (χ2n) is 6.03. The molecule has 0 unspecified atom stereocenters. The predicted octanol–water partition coefficient (Wildman–Crippen LogP) is 2.10. The van der Waals surface area contributed by atoms with E-state index in [0.29, 0.717) is 11.3 Å². The number of nitrogens with one attached hydrogen (secondary N) is 1. The summed E-state index contributed by atoms with van der Waals surface area (Å²) in [6, 6.07) is 14.8. The number of benzene rings is 1. The molecule has 1 aromatic heterocycles. The van der Waals surface area contributed by atoms with E-state index in [-0.39, 0.29) is 11.9 Å². The smallest absolute Gasteiger partial charge is 0.241 e. The van der Waals surface area contributed by atoms with Gasteiger partial charge in [-0.25, -0.2) is 4.98 Å². The van der Waals surface area contributed by atoms with Crippen molar-refractivity contribution < 1.29 is 4.79 Å². The third-order valence-corrected chi connectivity index (χ3v) is 4.52. The molecule has 0 saturated carbocycles. The fourth-order valence-corrected chi connectivity index (χ4v) is 2.97. The Bertz CT molecular complexity index is 763. The quantitative estimate of drug-likeness (QED) is 0.926. The van der Waals surface area contributed by atoms with Gasteiger partial charge >= 0.3 is 0 Å². The summed E-state index contributed by atoms with van der Waals surface area (Å²) in [5, 5.41) is 12.0. The molecule has 0 bridgehead atoms. The fourth-order valence-electron chi connectivity index (χ4n) is 2.97. The first-order chi connectivity index (χ1) is 12.2. The topological polar surface area (TPSA) is 72.3 Å². The van der Waals surface area contributed by atoms with Gasteiger partial charge in [-0.2, -0.15) is 5.26 Å². The number of piperazine rings is 1. The summed E-state index contributed by atoms with van der Waals surface area (Å²) in [5.74, 6) is 0.885. The monoisotopic (exact) mass is 335 g/mol. The van der Waals surface area contributed by atoms with Gasteiger partial charge in [0.25, 0.3) is 0 Å². The summed E-state index contributed by atoms with van der Waals surface area (Å²) in [4.78, 5) is 21.3. The summed E-state index contributed by atoms with van der Waals surface area (Å²) in [5.41, 5.74) is 1.04. The number of nitriles is 1. The second kappa shape index (κ2) is 7.77. The maximum Gasteiger partial charge on any atom is 0.241 e. The summed E-state index contributed by atoms with van der Waals surface area (Å²) in [6.45, 7) is 5.17. The molecular weight excluding hydrogens is 314 g/mol. The van der Waals surface area contributed by atoms with Crippen molar-refractivity contribution >= 4 is 17.4 Å². The predicted molar refractivity (Wildman–Crippen MR) is 97.3 cm³/mol. The Morgan fingerprint density at radius 1 is 1.16 bits per heavy atom. The molecule has 6 nitrogen and oxygen atoms in total. The lowest BCUT2D eigenvalue weighted by Gasteiger charge is -2.37. The molecule has 0 radical (unpaired) electrons. The molecule has 3 rings (SSSR count). The minimum absolute atomic E-state index is 0.0889. The average Bonchev–Trinajstić information content (AvgIpc) is 2.68. The van der Waals surface area contributed by atoms with Gasteiger partial charge in [-0.3, -0.25) is 9.69 Å². The largest absolute Gasteiger partial charge is 0.354 e. The van der Waals surface area contributed by atoms with Crippen molar-refractivity contribution in [3.8, 4) is 6.07 Å². The first-order valence-electron chi connectivity index (χ1n) is 8.39. The number of rotatable bonds is 4. The normalized spacial score (nSPS) is 16.1. The zero-order valence-corrected chi connectivity index (χ0v) is 14.2. The van der Waals surface area contributed by atoms with E-state index in [0.717, 1.165) is 32.0 Å². The average molecular weight is 335 g/mol. The molecule has 1 aromatic carbocycles. The molecule has 128 valence electrons. The standard InChI is InChI=1S/C19H21N5O/c1-15(19(25)22-17-7-3-2-6-16(17)14-20)23-10-12-24(13-11-23)18-8-4-5-9-21-18/h2-9,15H,10-13H2,1H3,(H,22,25)/t15-/m1/s1. The number of aromatic nitrogens is 1. The third kappa shape index (κ3) is 3.95. The van der Waals surface area contributed by atoms with Crippen LogP contribution >= 0.6 is 0 Å². The number of carbonyl (C=O) groups excluding carboxylic acids is 1. The Hall–Kier alpha value is -2.91. The molecule has 0 spiro atoms. The molecule has 1 aliphatic heterocycles. The molecule has 25 heavy (non-hydrogen) atoms. The van der Waals surface area contributed by atoms with Crippen molar-refractivity contribution in [1.82, 2.24) is 9.88 Å². The van der Waals surface area contributed by atoms with Crippen LogP contribution in [0, 0.1) is 11.3 Å². The number of anilines is 2. The van der Waals surface area contributed by atoms with Gasteiger partial charge in [0.15, 0.2) is 0 Å². The lowest BCUT2D eigenvalue weighted by atomic mass is 10.1. The summed E-state index contributed by atoms with van der Waals surface area (Å²) in [6.07, 6.45) is 1.80. The van der Waals surface area contributed by atoms with Gasteiger partial charge in [0.05, 0.1) is 17.3 Å². The number of hydrogen-bond donors (Lipinski definition) is 1. The van der Waals surface area contributed by atoms with Gasteiger partial charge in [0.1, 0.15) is 11.9 Å². The SMILES string of the molecule is C[C@H](C(=O)Nc1ccccc1C#N)N1CCN(c2ccccn2)CC1. The van der Waals surface area contributed by atoms with Crippen molar-refractivity contribution in [2.45, 2.75) is 13.0 Å². The van der Waals surface area contributed by atoms with E-state index in [4.69, 9.17) is 5.26 Å². The van der Waals surface area contributed by atoms with Gasteiger partial charge in [0.2, 0.25) is 5.91 Å². The minimum atomic E-state index is -0.252. The molecule has 0 aliphatic carbocycles. The van der Waals surface area contributed by atoms with Crippen molar-refractivity contribution in [1.29, 1.82) is 5.26 Å². The Kier molecular flexibility index (Phi) is 5.26. The molecule has 6 heteroatoms. The Morgan fingerprint density at radius 2 is 1.88 bits per heavy atom. The number of hydrogen-bond acceptors (Lipinski definition) is 5. The van der Waals surface area contributed by atoms with Crippen LogP contribution in [0.15, 0.2) is 48.7 Å². The summed E-state index contributed by atoms with van der Waals surface area (Å²) >= 11 is 0. The zero-order chi connectivity index (χ0) is 17.6. The van der Waals surface area contributed by atoms with Crippen LogP contribution in [0.1, 0.15) is 12.5 Å². The van der Waals surface area contributed by atoms with Crippen LogP contribution in [0.5, 0.6) is 0 Å². The van der Waals surface area contributed by atoms with Gasteiger partial charge < -0.3 is 10.2 Å². The Morgan fingerprint density at radius 3 is 2.56 bits per heavy atom. The van der Waals surface area contributed by atoms with Crippen LogP contribution in [0.4, 0.5) is 11.5 Å². The molecule has 2 aromatic rings. The maximum atomic E-state index is 12.5. The van der Waals surface area contributed by atoms with E-state index in [1.54, 1.807) is 24.4 Å². The maximum absolute atomic E-state index is 12.5. The van der Waals surface area contributed by atoms with Crippen LogP contribution in [0.3, 0.4) is 0 Å². The van der Waals surface area contributed by atoms with E-state index in [2.05, 4.69) is 26.2 Å². The molecule has 1 aliphatic rings. The molecule has 1 N–H and O–H groups in total. The minimum Gasteiger partial charge on any atom is -0.354 e. The number of pyridine rings is 1. The van der Waals surface area contributed by atoms with Gasteiger partial charge in [0, 0.05) is 32.4 Å². The fraction of sp³-hybridized carbons (Fsp3) is 0.316. The first-order valence-corrected chi connectivity index (χ1v) is 8.39. The van der Waals surface area contributed by atoms with Crippen LogP contribution in [-0.2, 0) is 4.79 Å². The molecule has 1 saturated heterocycles. The highest BCUT2D eigenvalue weighted by atomic mass is 16.2. The van der Waals surface area contributed by atoms with Gasteiger partial charge in [-0.05, 0) is 31.2 Å². The Balaban J connectivity index is 1.58. The highest BCUT2D eigenvalue weighted by molar-refractivity contribution is 5.95. The van der Waals surface area contributed by atoms with Crippen molar-refractivity contribution in [3.05, 3.63) is 54.2 Å². The number of carbonyl (C=O) groups is 1. The van der Waals surface area contributed by atoms with E-state index >= 15 is 0 Å². The second-order valence-corrected chi connectivity index (χ2v) is 6.03. The van der Waals surface area contributed by atoms with E-state index in [1.165, 1.54) is 0 Å². The van der Waals surface area contributed by atoms with Gasteiger partial charge in [-0.1, -0.05) is 18.2 Å². The van der Waals surface area contributed by atoms with Crippen LogP contribution in [0.25, 0.3) is 0 Å². The van der Waals surface area contributed by atoms with Crippen molar-refractivity contribution in [2.24, 2.45) is 0 Å². The molecule has 2 heterocycles. The van der Waals surface area contributed by atoms with Gasteiger partial charge in [-0.15, -0.1) is 0 Å². The van der Waals surface area contributed by atoms with Crippen molar-refractivity contribution in [3.63, 3.8) is 0 Å². The first kappa shape index (κ1) is 16.9. The molecule has 1 fully saturated rings. The summed E-state index contributed by atoms with van der Waals surface area (Å²) < 4.78 is 0. The third-order valence-electron chi connectivity index (χ3n) is 4.52. The van der Waals surface area contributed by atoms with E-state index < -0.39 is 0 Å². The van der Waals surface area contributed by atoms with Crippen LogP contribution in [0.2, 0.25) is 0 Å². The van der Waals surface area contributed by atoms with E-state index in [9.17, 15) is 4.79 Å². The lowest BCUT2D eigenvalue weighted by molar-refractivity contribution is -0.120. The highest BCUT2D eigenvalue weighted by Gasteiger charge is 2.26. The number of nitrogens with zero attached hydrogens (tertiary/aromatic N) is 4. The molecule has 1 amide bonds. The van der Waals surface area contributed by atoms with Crippen LogP contribution in [-0.4, -0.2) is 48.0 Å². The van der Waals surface area contributed by atoms with Crippen LogP contribution < -0.4 is 10.2 Å². The lowest BCUT2D eigenvalue weighted by Crippen LogP contribution is -2.53. The molecular formula is C19H21N5O. The van der Waals surface area contributed by atoms with Crippen molar-refractivity contribution in [2.75, 3.05) is 36.4 Å². The number of amides is 1. The van der Waals surface area contributed by atoms with E-state index in [1.807, 2.05) is 31.2 Å². The zero-order valence-electron chi connectivity index (χ0n) is 14.2.